The van der Waals surface area contributed by atoms with Gasteiger partial charge < -0.3 is 9.47 Å². The molecule has 0 aliphatic rings. The number of carbonyl (C=O) groups is 1. The van der Waals surface area contributed by atoms with Crippen molar-refractivity contribution in [3.63, 3.8) is 0 Å². The Balaban J connectivity index is 2.00. The third kappa shape index (κ3) is 2.87. The number of likely N-dealkylation sites (N-methyl/N-ethyl adjacent to an activating group) is 1. The first-order valence-corrected chi connectivity index (χ1v) is 7.96. The van der Waals surface area contributed by atoms with Crippen LogP contribution in [-0.4, -0.2) is 26.7 Å². The van der Waals surface area contributed by atoms with Gasteiger partial charge in [-0.1, -0.05) is 17.7 Å². The fraction of sp³-hybridized carbons (Fsp3) is 0.235. The van der Waals surface area contributed by atoms with Gasteiger partial charge in [0.1, 0.15) is 12.2 Å². The molecule has 25 heavy (non-hydrogen) atoms. The highest BCUT2D eigenvalue weighted by molar-refractivity contribution is 6.30. The number of amides is 1. The Morgan fingerprint density at radius 3 is 2.56 bits per heavy atom. The van der Waals surface area contributed by atoms with Crippen LogP contribution in [0.15, 0.2) is 46.1 Å². The van der Waals surface area contributed by atoms with E-state index in [2.05, 4.69) is 0 Å². The van der Waals surface area contributed by atoms with E-state index in [1.807, 2.05) is 0 Å². The summed E-state index contributed by atoms with van der Waals surface area (Å²) < 4.78 is 4.01. The number of aryl methyl sites for hydroxylation is 1. The molecule has 0 atom stereocenters. The maximum atomic E-state index is 12.6. The SMILES string of the molecule is CN(C(=O)Cn1ccc2c(=O)n(C)c(=O)n(C)c21)c1cccc(Cl)c1. The van der Waals surface area contributed by atoms with E-state index < -0.39 is 5.69 Å². The summed E-state index contributed by atoms with van der Waals surface area (Å²) in [6.45, 7) is -0.00698. The first-order valence-electron chi connectivity index (χ1n) is 7.58. The number of fused-ring (bicyclic) bond motifs is 1. The number of nitrogens with zero attached hydrogens (tertiary/aromatic N) is 4. The van der Waals surface area contributed by atoms with Crippen molar-refractivity contribution in [3.8, 4) is 0 Å². The molecule has 1 aromatic carbocycles. The summed E-state index contributed by atoms with van der Waals surface area (Å²) in [5, 5.41) is 0.928. The maximum Gasteiger partial charge on any atom is 0.332 e. The van der Waals surface area contributed by atoms with Gasteiger partial charge in [-0.2, -0.15) is 0 Å². The molecule has 0 fully saturated rings. The van der Waals surface area contributed by atoms with Crippen LogP contribution in [0.4, 0.5) is 5.69 Å². The van der Waals surface area contributed by atoms with Gasteiger partial charge in [0.05, 0.1) is 5.39 Å². The van der Waals surface area contributed by atoms with Crippen molar-refractivity contribution in [1.29, 1.82) is 0 Å². The Kier molecular flexibility index (Phi) is 4.26. The van der Waals surface area contributed by atoms with Gasteiger partial charge in [-0.15, -0.1) is 0 Å². The Bertz CT molecular complexity index is 1090. The molecule has 7 nitrogen and oxygen atoms in total. The van der Waals surface area contributed by atoms with E-state index in [1.165, 1.54) is 16.5 Å². The van der Waals surface area contributed by atoms with Crippen LogP contribution in [0.5, 0.6) is 0 Å². The molecule has 0 aliphatic heterocycles. The molecule has 0 unspecified atom stereocenters. The predicted molar refractivity (Wildman–Crippen MR) is 97.3 cm³/mol. The number of carbonyl (C=O) groups excluding carboxylic acids is 1. The number of hydrogen-bond donors (Lipinski definition) is 0. The molecule has 0 bridgehead atoms. The minimum Gasteiger partial charge on any atom is -0.324 e. The summed E-state index contributed by atoms with van der Waals surface area (Å²) >= 11 is 5.97. The first kappa shape index (κ1) is 17.0. The van der Waals surface area contributed by atoms with Crippen molar-refractivity contribution in [2.45, 2.75) is 6.54 Å². The molecular weight excluding hydrogens is 344 g/mol. The van der Waals surface area contributed by atoms with Gasteiger partial charge in [0.25, 0.3) is 5.56 Å². The van der Waals surface area contributed by atoms with Crippen LogP contribution < -0.4 is 16.1 Å². The number of benzene rings is 1. The molecule has 0 saturated heterocycles. The van der Waals surface area contributed by atoms with E-state index in [1.54, 1.807) is 55.2 Å². The molecule has 3 aromatic rings. The van der Waals surface area contributed by atoms with E-state index in [-0.39, 0.29) is 18.0 Å². The Labute approximate surface area is 148 Å². The van der Waals surface area contributed by atoms with Crippen LogP contribution >= 0.6 is 11.6 Å². The van der Waals surface area contributed by atoms with E-state index in [4.69, 9.17) is 11.6 Å². The van der Waals surface area contributed by atoms with E-state index in [9.17, 15) is 14.4 Å². The van der Waals surface area contributed by atoms with Gasteiger partial charge in [0.15, 0.2) is 0 Å². The van der Waals surface area contributed by atoms with Crippen LogP contribution in [0.25, 0.3) is 11.0 Å². The molecule has 0 aliphatic carbocycles. The second kappa shape index (κ2) is 6.25. The predicted octanol–water partition coefficient (Wildman–Crippen LogP) is 1.36. The summed E-state index contributed by atoms with van der Waals surface area (Å²) in [6.07, 6.45) is 1.63. The highest BCUT2D eigenvalue weighted by Gasteiger charge is 2.17. The van der Waals surface area contributed by atoms with Gasteiger partial charge in [-0.3, -0.25) is 18.7 Å². The fourth-order valence-corrected chi connectivity index (χ4v) is 2.98. The average Bonchev–Trinajstić information content (AvgIpc) is 3.01. The number of rotatable bonds is 3. The second-order valence-electron chi connectivity index (χ2n) is 5.82. The van der Waals surface area contributed by atoms with Gasteiger partial charge in [0, 0.05) is 38.0 Å². The minimum absolute atomic E-state index is 0.00698. The topological polar surface area (TPSA) is 69.2 Å². The summed E-state index contributed by atoms with van der Waals surface area (Å²) in [7, 11) is 4.66. The summed E-state index contributed by atoms with van der Waals surface area (Å²) in [5.74, 6) is -0.201. The number of hydrogen-bond acceptors (Lipinski definition) is 3. The highest BCUT2D eigenvalue weighted by Crippen LogP contribution is 2.19. The van der Waals surface area contributed by atoms with Crippen LogP contribution in [0.1, 0.15) is 0 Å². The molecule has 0 spiro atoms. The molecule has 0 N–H and O–H groups in total. The maximum absolute atomic E-state index is 12.6. The smallest absolute Gasteiger partial charge is 0.324 e. The van der Waals surface area contributed by atoms with E-state index >= 15 is 0 Å². The third-order valence-electron chi connectivity index (χ3n) is 4.24. The molecule has 1 amide bonds. The van der Waals surface area contributed by atoms with Crippen LogP contribution in [0.2, 0.25) is 5.02 Å². The van der Waals surface area contributed by atoms with Crippen molar-refractivity contribution in [1.82, 2.24) is 13.7 Å². The molecular formula is C17H17ClN4O3. The molecule has 130 valence electrons. The molecule has 3 rings (SSSR count). The van der Waals surface area contributed by atoms with E-state index in [0.717, 1.165) is 4.57 Å². The van der Waals surface area contributed by atoms with Crippen LogP contribution in [-0.2, 0) is 25.4 Å². The number of anilines is 1. The largest absolute Gasteiger partial charge is 0.332 e. The molecule has 0 saturated carbocycles. The summed E-state index contributed by atoms with van der Waals surface area (Å²) in [6, 6.07) is 8.58. The van der Waals surface area contributed by atoms with Crippen molar-refractivity contribution < 1.29 is 4.79 Å². The molecule has 0 radical (unpaired) electrons. The Hall–Kier alpha value is -2.80. The van der Waals surface area contributed by atoms with Crippen LogP contribution in [0.3, 0.4) is 0 Å². The second-order valence-corrected chi connectivity index (χ2v) is 6.26. The monoisotopic (exact) mass is 360 g/mol. The first-order chi connectivity index (χ1) is 11.8. The number of halogens is 1. The van der Waals surface area contributed by atoms with Crippen molar-refractivity contribution in [2.75, 3.05) is 11.9 Å². The Morgan fingerprint density at radius 2 is 1.88 bits per heavy atom. The third-order valence-corrected chi connectivity index (χ3v) is 4.47. The zero-order valence-corrected chi connectivity index (χ0v) is 14.8. The summed E-state index contributed by atoms with van der Waals surface area (Å²) in [4.78, 5) is 38.4. The van der Waals surface area contributed by atoms with Gasteiger partial charge in [-0.05, 0) is 24.3 Å². The van der Waals surface area contributed by atoms with Gasteiger partial charge >= 0.3 is 5.69 Å². The van der Waals surface area contributed by atoms with Crippen LogP contribution in [0, 0.1) is 0 Å². The lowest BCUT2D eigenvalue weighted by atomic mass is 10.3. The van der Waals surface area contributed by atoms with Gasteiger partial charge in [0.2, 0.25) is 5.91 Å². The quantitative estimate of drug-likeness (QED) is 0.708. The standard InChI is InChI=1S/C17H17ClN4O3/c1-19(12-6-4-5-11(18)9-12)14(23)10-22-8-7-13-15(22)20(2)17(25)21(3)16(13)24/h4-9H,10H2,1-3H3. The highest BCUT2D eigenvalue weighted by atomic mass is 35.5. The normalized spacial score (nSPS) is 11.0. The van der Waals surface area contributed by atoms with Crippen molar-refractivity contribution >= 4 is 34.2 Å². The van der Waals surface area contributed by atoms with Crippen molar-refractivity contribution in [3.05, 3.63) is 62.4 Å². The zero-order valence-electron chi connectivity index (χ0n) is 14.1. The van der Waals surface area contributed by atoms with Gasteiger partial charge in [-0.25, -0.2) is 4.79 Å². The fourth-order valence-electron chi connectivity index (χ4n) is 2.80. The lowest BCUT2D eigenvalue weighted by Gasteiger charge is -2.18. The summed E-state index contributed by atoms with van der Waals surface area (Å²) in [5.41, 5.74) is 0.264. The Morgan fingerprint density at radius 1 is 1.16 bits per heavy atom. The molecule has 2 heterocycles. The molecule has 8 heteroatoms. The van der Waals surface area contributed by atoms with Crippen molar-refractivity contribution in [2.24, 2.45) is 14.1 Å². The lowest BCUT2D eigenvalue weighted by Crippen LogP contribution is -2.37. The lowest BCUT2D eigenvalue weighted by molar-refractivity contribution is -0.118. The average molecular weight is 361 g/mol. The molecule has 2 aromatic heterocycles. The van der Waals surface area contributed by atoms with E-state index in [0.29, 0.717) is 21.7 Å². The number of aromatic nitrogens is 3. The minimum atomic E-state index is -0.437. The zero-order chi connectivity index (χ0) is 18.3.